The second-order valence-corrected chi connectivity index (χ2v) is 8.10. The number of hydrogen-bond acceptors (Lipinski definition) is 4. The molecule has 102 valence electrons. The maximum atomic E-state index is 8.96. The summed E-state index contributed by atoms with van der Waals surface area (Å²) in [5.41, 5.74) is 0.622. The molecule has 1 N–H and O–H groups in total. The van der Waals surface area contributed by atoms with Crippen molar-refractivity contribution in [2.24, 2.45) is 16.7 Å². The molecule has 3 unspecified atom stereocenters. The zero-order valence-corrected chi connectivity index (χ0v) is 13.0. The van der Waals surface area contributed by atoms with E-state index in [2.05, 4.69) is 37.1 Å². The Kier molecular flexibility index (Phi) is 2.85. The van der Waals surface area contributed by atoms with Gasteiger partial charge in [-0.2, -0.15) is 5.26 Å². The van der Waals surface area contributed by atoms with Gasteiger partial charge in [0, 0.05) is 6.04 Å². The molecule has 2 aliphatic carbocycles. The molecule has 19 heavy (non-hydrogen) atoms. The van der Waals surface area contributed by atoms with E-state index in [4.69, 9.17) is 16.9 Å². The van der Waals surface area contributed by atoms with Gasteiger partial charge in [0.05, 0.1) is 0 Å². The first-order valence-electron chi connectivity index (χ1n) is 6.70. The van der Waals surface area contributed by atoms with Gasteiger partial charge in [0.1, 0.15) is 10.9 Å². The molecule has 0 spiro atoms. The number of nitrogens with zero attached hydrogens (tertiary/aromatic N) is 2. The van der Waals surface area contributed by atoms with Crippen molar-refractivity contribution in [3.05, 3.63) is 10.0 Å². The molecule has 3 atom stereocenters. The summed E-state index contributed by atoms with van der Waals surface area (Å²) in [5, 5.41) is 13.6. The van der Waals surface area contributed by atoms with Crippen molar-refractivity contribution in [3.8, 4) is 6.07 Å². The normalized spacial score (nSPS) is 35.3. The van der Waals surface area contributed by atoms with Gasteiger partial charge in [0.2, 0.25) is 0 Å². The average molecular weight is 296 g/mol. The van der Waals surface area contributed by atoms with Gasteiger partial charge in [-0.3, -0.25) is 0 Å². The Bertz CT molecular complexity index is 555. The molecule has 0 amide bonds. The quantitative estimate of drug-likeness (QED) is 0.885. The summed E-state index contributed by atoms with van der Waals surface area (Å²) in [4.78, 5) is 4.77. The van der Waals surface area contributed by atoms with E-state index < -0.39 is 0 Å². The molecule has 2 fully saturated rings. The Morgan fingerprint density at radius 1 is 1.47 bits per heavy atom. The van der Waals surface area contributed by atoms with Crippen LogP contribution in [-0.4, -0.2) is 11.0 Å². The maximum Gasteiger partial charge on any atom is 0.185 e. The van der Waals surface area contributed by atoms with Gasteiger partial charge in [-0.05, 0) is 36.0 Å². The number of aromatic nitrogens is 1. The van der Waals surface area contributed by atoms with Crippen LogP contribution in [0.3, 0.4) is 0 Å². The molecule has 0 saturated heterocycles. The molecular formula is C14H18ClN3S. The fraction of sp³-hybridized carbons (Fsp3) is 0.714. The Balaban J connectivity index is 1.88. The second-order valence-electron chi connectivity index (χ2n) is 6.74. The third-order valence-corrected chi connectivity index (χ3v) is 6.50. The highest BCUT2D eigenvalue weighted by Gasteiger charge is 2.59. The molecule has 3 nitrogen and oxygen atoms in total. The number of nitrogens with one attached hydrogen (secondary N) is 1. The van der Waals surface area contributed by atoms with Crippen LogP contribution in [0.25, 0.3) is 0 Å². The molecule has 1 aromatic rings. The third kappa shape index (κ3) is 1.86. The van der Waals surface area contributed by atoms with Gasteiger partial charge in [0.25, 0.3) is 0 Å². The number of halogens is 1. The van der Waals surface area contributed by atoms with E-state index in [1.54, 1.807) is 0 Å². The van der Waals surface area contributed by atoms with Gasteiger partial charge in [-0.1, -0.05) is 43.7 Å². The highest BCUT2D eigenvalue weighted by atomic mass is 35.5. The molecule has 5 heteroatoms. The Labute approximate surface area is 123 Å². The fourth-order valence-electron chi connectivity index (χ4n) is 4.22. The zero-order valence-electron chi connectivity index (χ0n) is 11.5. The molecule has 0 aromatic carbocycles. The smallest absolute Gasteiger partial charge is 0.185 e. The number of thiazole rings is 1. The molecule has 0 aliphatic heterocycles. The molecule has 1 heterocycles. The number of rotatable bonds is 2. The van der Waals surface area contributed by atoms with E-state index in [1.165, 1.54) is 30.6 Å². The zero-order chi connectivity index (χ0) is 13.8. The van der Waals surface area contributed by atoms with E-state index in [1.807, 2.05) is 0 Å². The lowest BCUT2D eigenvalue weighted by molar-refractivity contribution is 0.155. The van der Waals surface area contributed by atoms with Crippen LogP contribution in [0.1, 0.15) is 44.9 Å². The Hall–Kier alpha value is -0.790. The first-order valence-corrected chi connectivity index (χ1v) is 7.89. The Morgan fingerprint density at radius 2 is 2.21 bits per heavy atom. The van der Waals surface area contributed by atoms with Crippen molar-refractivity contribution in [1.29, 1.82) is 5.26 Å². The summed E-state index contributed by atoms with van der Waals surface area (Å²) in [6, 6.07) is 2.50. The summed E-state index contributed by atoms with van der Waals surface area (Å²) in [7, 11) is 0. The van der Waals surface area contributed by atoms with Crippen LogP contribution >= 0.6 is 22.9 Å². The summed E-state index contributed by atoms with van der Waals surface area (Å²) >= 11 is 7.31. The van der Waals surface area contributed by atoms with Crippen LogP contribution in [0.5, 0.6) is 0 Å². The van der Waals surface area contributed by atoms with Crippen LogP contribution in [0.2, 0.25) is 5.15 Å². The minimum absolute atomic E-state index is 0.276. The molecule has 3 rings (SSSR count). The lowest BCUT2D eigenvalue weighted by Crippen LogP contribution is -2.45. The van der Waals surface area contributed by atoms with Crippen molar-refractivity contribution < 1.29 is 0 Å². The van der Waals surface area contributed by atoms with Crippen LogP contribution in [0, 0.1) is 28.1 Å². The van der Waals surface area contributed by atoms with Crippen molar-refractivity contribution in [2.45, 2.75) is 46.1 Å². The van der Waals surface area contributed by atoms with E-state index in [0.717, 1.165) is 11.0 Å². The van der Waals surface area contributed by atoms with Gasteiger partial charge < -0.3 is 5.32 Å². The topological polar surface area (TPSA) is 48.7 Å². The highest BCUT2D eigenvalue weighted by Crippen LogP contribution is 2.63. The first-order chi connectivity index (χ1) is 8.87. The van der Waals surface area contributed by atoms with E-state index in [-0.39, 0.29) is 5.41 Å². The van der Waals surface area contributed by atoms with Crippen LogP contribution in [0.15, 0.2) is 0 Å². The maximum absolute atomic E-state index is 8.96. The van der Waals surface area contributed by atoms with Gasteiger partial charge in [0.15, 0.2) is 10.3 Å². The van der Waals surface area contributed by atoms with Crippen molar-refractivity contribution in [2.75, 3.05) is 5.32 Å². The molecule has 2 aliphatic rings. The predicted octanol–water partition coefficient (Wildman–Crippen LogP) is 4.29. The monoisotopic (exact) mass is 295 g/mol. The standard InChI is InChI=1S/C14H18ClN3S/c1-13(2)8-4-5-14(3,6-8)11(13)18-12-17-10(15)9(7-16)19-12/h8,11H,4-6H2,1-3H3,(H,17,18). The van der Waals surface area contributed by atoms with E-state index >= 15 is 0 Å². The van der Waals surface area contributed by atoms with E-state index in [0.29, 0.717) is 21.5 Å². The van der Waals surface area contributed by atoms with Crippen LogP contribution in [-0.2, 0) is 0 Å². The Morgan fingerprint density at radius 3 is 2.74 bits per heavy atom. The van der Waals surface area contributed by atoms with Crippen LogP contribution in [0.4, 0.5) is 5.13 Å². The SMILES string of the molecule is CC12CCC(C1)C(C)(C)C2Nc1nc(Cl)c(C#N)s1. The van der Waals surface area contributed by atoms with E-state index in [9.17, 15) is 0 Å². The number of nitriles is 1. The van der Waals surface area contributed by atoms with Crippen molar-refractivity contribution >= 4 is 28.1 Å². The minimum atomic E-state index is 0.276. The highest BCUT2D eigenvalue weighted by molar-refractivity contribution is 7.16. The van der Waals surface area contributed by atoms with Gasteiger partial charge >= 0.3 is 0 Å². The molecule has 2 saturated carbocycles. The van der Waals surface area contributed by atoms with Gasteiger partial charge in [-0.15, -0.1) is 0 Å². The van der Waals surface area contributed by atoms with Crippen LogP contribution < -0.4 is 5.32 Å². The second kappa shape index (κ2) is 4.10. The number of fused-ring (bicyclic) bond motifs is 2. The lowest BCUT2D eigenvalue weighted by Gasteiger charge is -2.43. The molecule has 2 bridgehead atoms. The minimum Gasteiger partial charge on any atom is -0.358 e. The average Bonchev–Trinajstić information content (AvgIpc) is 2.94. The van der Waals surface area contributed by atoms with Crippen molar-refractivity contribution in [1.82, 2.24) is 4.98 Å². The number of hydrogen-bond donors (Lipinski definition) is 1. The molecule has 0 radical (unpaired) electrons. The largest absolute Gasteiger partial charge is 0.358 e. The lowest BCUT2D eigenvalue weighted by atomic mass is 9.68. The summed E-state index contributed by atoms with van der Waals surface area (Å²) in [6.45, 7) is 7.07. The first kappa shape index (κ1) is 13.2. The summed E-state index contributed by atoms with van der Waals surface area (Å²) < 4.78 is 0. The van der Waals surface area contributed by atoms with Crippen molar-refractivity contribution in [3.63, 3.8) is 0 Å². The summed E-state index contributed by atoms with van der Waals surface area (Å²) in [6.07, 6.45) is 3.91. The summed E-state index contributed by atoms with van der Waals surface area (Å²) in [5.74, 6) is 0.792. The molecular weight excluding hydrogens is 278 g/mol. The number of anilines is 1. The fourth-order valence-corrected chi connectivity index (χ4v) is 5.19. The molecule has 1 aromatic heterocycles. The third-order valence-electron chi connectivity index (χ3n) is 5.22. The van der Waals surface area contributed by atoms with Gasteiger partial charge in [-0.25, -0.2) is 4.98 Å². The predicted molar refractivity (Wildman–Crippen MR) is 78.5 cm³/mol.